The van der Waals surface area contributed by atoms with Crippen molar-refractivity contribution in [2.24, 2.45) is 5.92 Å². The van der Waals surface area contributed by atoms with Crippen molar-refractivity contribution in [3.05, 3.63) is 23.0 Å². The molecule has 0 radical (unpaired) electrons. The average molecular weight is 262 g/mol. The highest BCUT2D eigenvalue weighted by molar-refractivity contribution is 5.80. The van der Waals surface area contributed by atoms with Gasteiger partial charge >= 0.3 is 0 Å². The van der Waals surface area contributed by atoms with E-state index < -0.39 is 0 Å². The van der Waals surface area contributed by atoms with Crippen LogP contribution in [0.25, 0.3) is 0 Å². The van der Waals surface area contributed by atoms with Crippen LogP contribution in [-0.4, -0.2) is 22.1 Å². The van der Waals surface area contributed by atoms with Crippen LogP contribution in [-0.2, 0) is 17.8 Å². The highest BCUT2D eigenvalue weighted by Crippen LogP contribution is 2.32. The number of hydrogen-bond acceptors (Lipinski definition) is 2. The van der Waals surface area contributed by atoms with Crippen molar-refractivity contribution in [2.45, 2.75) is 51.7 Å². The van der Waals surface area contributed by atoms with Crippen molar-refractivity contribution >= 4 is 5.91 Å². The first-order chi connectivity index (χ1) is 9.16. The summed E-state index contributed by atoms with van der Waals surface area (Å²) >= 11 is 0. The number of rotatable bonds is 4. The Morgan fingerprint density at radius 2 is 2.26 bits per heavy atom. The number of nitrogens with one attached hydrogen (secondary N) is 1. The first-order valence-electron chi connectivity index (χ1n) is 7.31. The Morgan fingerprint density at radius 3 is 3.00 bits per heavy atom. The molecule has 104 valence electrons. The molecule has 1 atom stereocenters. The summed E-state index contributed by atoms with van der Waals surface area (Å²) in [5.41, 5.74) is 3.54. The third-order valence-electron chi connectivity index (χ3n) is 4.28. The molecule has 19 heavy (non-hydrogen) atoms. The number of aromatic nitrogens is 1. The molecule has 1 heterocycles. The summed E-state index contributed by atoms with van der Waals surface area (Å²) in [6, 6.07) is 2.10. The van der Waals surface area contributed by atoms with E-state index in [0.717, 1.165) is 44.2 Å². The molecule has 1 saturated carbocycles. The van der Waals surface area contributed by atoms with Gasteiger partial charge in [0.15, 0.2) is 0 Å². The maximum atomic E-state index is 11.6. The van der Waals surface area contributed by atoms with Gasteiger partial charge in [0.1, 0.15) is 0 Å². The largest absolute Gasteiger partial charge is 0.388 e. The smallest absolute Gasteiger partial charge is 0.223 e. The molecule has 0 aromatic carbocycles. The van der Waals surface area contributed by atoms with Crippen LogP contribution >= 0.6 is 0 Å². The minimum Gasteiger partial charge on any atom is -0.388 e. The first kappa shape index (κ1) is 12.7. The maximum absolute atomic E-state index is 11.6. The molecule has 2 aliphatic rings. The maximum Gasteiger partial charge on any atom is 0.223 e. The topological polar surface area (TPSA) is 54.3 Å². The molecule has 0 bridgehead atoms. The van der Waals surface area contributed by atoms with Crippen LogP contribution < -0.4 is 5.32 Å². The molecular formula is C15H22N2O2. The molecule has 1 amide bonds. The molecule has 2 N–H and O–H groups in total. The van der Waals surface area contributed by atoms with Gasteiger partial charge in [0, 0.05) is 36.0 Å². The number of aryl methyl sites for hydroxylation is 1. The summed E-state index contributed by atoms with van der Waals surface area (Å²) < 4.78 is 2.25. The molecule has 1 aromatic rings. The molecule has 0 aliphatic heterocycles. The van der Waals surface area contributed by atoms with Gasteiger partial charge in [-0.3, -0.25) is 4.79 Å². The first-order valence-corrected chi connectivity index (χ1v) is 7.31. The number of fused-ring (bicyclic) bond motifs is 1. The van der Waals surface area contributed by atoms with Gasteiger partial charge in [-0.05, 0) is 45.1 Å². The fraction of sp³-hybridized carbons (Fsp3) is 0.667. The van der Waals surface area contributed by atoms with Gasteiger partial charge in [0.25, 0.3) is 0 Å². The monoisotopic (exact) mass is 262 g/mol. The number of carbonyl (C=O) groups is 1. The standard InChI is InChI=1S/C15H22N2O2/c1-10-9-12-13(3-2-4-14(12)18)17(10)8-7-16-15(19)11-5-6-11/h9,11,14,18H,2-8H2,1H3,(H,16,19). The van der Waals surface area contributed by atoms with E-state index in [1.807, 2.05) is 0 Å². The minimum absolute atomic E-state index is 0.207. The number of nitrogens with zero attached hydrogens (tertiary/aromatic N) is 1. The summed E-state index contributed by atoms with van der Waals surface area (Å²) in [7, 11) is 0. The molecular weight excluding hydrogens is 240 g/mol. The van der Waals surface area contributed by atoms with Gasteiger partial charge in [-0.15, -0.1) is 0 Å². The minimum atomic E-state index is -0.301. The Kier molecular flexibility index (Phi) is 3.35. The van der Waals surface area contributed by atoms with E-state index in [-0.39, 0.29) is 17.9 Å². The van der Waals surface area contributed by atoms with Gasteiger partial charge < -0.3 is 15.0 Å². The Bertz CT molecular complexity index is 489. The van der Waals surface area contributed by atoms with Crippen molar-refractivity contribution in [3.63, 3.8) is 0 Å². The normalized spacial score (nSPS) is 22.1. The Labute approximate surface area is 113 Å². The van der Waals surface area contributed by atoms with E-state index in [4.69, 9.17) is 0 Å². The lowest BCUT2D eigenvalue weighted by Crippen LogP contribution is -2.29. The fourth-order valence-electron chi connectivity index (χ4n) is 3.03. The van der Waals surface area contributed by atoms with Crippen molar-refractivity contribution in [1.29, 1.82) is 0 Å². The second-order valence-corrected chi connectivity index (χ2v) is 5.81. The van der Waals surface area contributed by atoms with Crippen molar-refractivity contribution in [1.82, 2.24) is 9.88 Å². The lowest BCUT2D eigenvalue weighted by Gasteiger charge is -2.20. The Hall–Kier alpha value is -1.29. The highest BCUT2D eigenvalue weighted by atomic mass is 16.3. The van der Waals surface area contributed by atoms with Crippen LogP contribution in [0.5, 0.6) is 0 Å². The van der Waals surface area contributed by atoms with Gasteiger partial charge in [-0.25, -0.2) is 0 Å². The van der Waals surface area contributed by atoms with Crippen molar-refractivity contribution in [3.8, 4) is 0 Å². The Balaban J connectivity index is 1.65. The number of aliphatic hydroxyl groups excluding tert-OH is 1. The summed E-state index contributed by atoms with van der Waals surface area (Å²) in [6.07, 6.45) is 4.76. The van der Waals surface area contributed by atoms with Crippen molar-refractivity contribution < 1.29 is 9.90 Å². The van der Waals surface area contributed by atoms with Gasteiger partial charge in [0.2, 0.25) is 5.91 Å². The van der Waals surface area contributed by atoms with Crippen LogP contribution in [0.3, 0.4) is 0 Å². The van der Waals surface area contributed by atoms with Crippen molar-refractivity contribution in [2.75, 3.05) is 6.54 Å². The van der Waals surface area contributed by atoms with E-state index in [2.05, 4.69) is 22.9 Å². The molecule has 1 unspecified atom stereocenters. The van der Waals surface area contributed by atoms with E-state index in [0.29, 0.717) is 6.54 Å². The molecule has 0 saturated heterocycles. The third kappa shape index (κ3) is 2.54. The number of carbonyl (C=O) groups excluding carboxylic acids is 1. The van der Waals surface area contributed by atoms with Crippen LogP contribution in [0.2, 0.25) is 0 Å². The zero-order valence-corrected chi connectivity index (χ0v) is 11.5. The molecule has 2 aliphatic carbocycles. The fourth-order valence-corrected chi connectivity index (χ4v) is 3.03. The molecule has 0 spiro atoms. The molecule has 1 aromatic heterocycles. The molecule has 4 heteroatoms. The van der Waals surface area contributed by atoms with E-state index in [1.54, 1.807) is 0 Å². The summed E-state index contributed by atoms with van der Waals surface area (Å²) in [6.45, 7) is 3.58. The van der Waals surface area contributed by atoms with Gasteiger partial charge in [0.05, 0.1) is 6.10 Å². The zero-order chi connectivity index (χ0) is 13.4. The van der Waals surface area contributed by atoms with Gasteiger partial charge in [-0.2, -0.15) is 0 Å². The van der Waals surface area contributed by atoms with E-state index >= 15 is 0 Å². The molecule has 3 rings (SSSR count). The van der Waals surface area contributed by atoms with Crippen LogP contribution in [0.4, 0.5) is 0 Å². The zero-order valence-electron chi connectivity index (χ0n) is 11.5. The predicted octanol–water partition coefficient (Wildman–Crippen LogP) is 1.69. The number of amides is 1. The predicted molar refractivity (Wildman–Crippen MR) is 72.8 cm³/mol. The van der Waals surface area contributed by atoms with Crippen LogP contribution in [0.1, 0.15) is 48.7 Å². The lowest BCUT2D eigenvalue weighted by atomic mass is 9.95. The van der Waals surface area contributed by atoms with E-state index in [9.17, 15) is 9.90 Å². The van der Waals surface area contributed by atoms with Crippen LogP contribution in [0, 0.1) is 12.8 Å². The second-order valence-electron chi connectivity index (χ2n) is 5.81. The molecule has 4 nitrogen and oxygen atoms in total. The van der Waals surface area contributed by atoms with E-state index in [1.165, 1.54) is 11.4 Å². The Morgan fingerprint density at radius 1 is 1.47 bits per heavy atom. The third-order valence-corrected chi connectivity index (χ3v) is 4.28. The SMILES string of the molecule is Cc1cc2c(n1CCNC(=O)C1CC1)CCCC2O. The second kappa shape index (κ2) is 5.00. The number of hydrogen-bond donors (Lipinski definition) is 2. The lowest BCUT2D eigenvalue weighted by molar-refractivity contribution is -0.122. The quantitative estimate of drug-likeness (QED) is 0.867. The average Bonchev–Trinajstić information content (AvgIpc) is 3.17. The summed E-state index contributed by atoms with van der Waals surface area (Å²) in [4.78, 5) is 11.6. The summed E-state index contributed by atoms with van der Waals surface area (Å²) in [5, 5.41) is 13.0. The van der Waals surface area contributed by atoms with Crippen LogP contribution in [0.15, 0.2) is 6.07 Å². The molecule has 1 fully saturated rings. The highest BCUT2D eigenvalue weighted by Gasteiger charge is 2.29. The summed E-state index contributed by atoms with van der Waals surface area (Å²) in [5.74, 6) is 0.486. The van der Waals surface area contributed by atoms with Gasteiger partial charge in [-0.1, -0.05) is 0 Å². The number of aliphatic hydroxyl groups is 1.